The molecular formula is C31H29N3OS. The Kier molecular flexibility index (Phi) is 6.48. The second-order valence-corrected chi connectivity index (χ2v) is 10.5. The number of carbonyl (C=O) groups is 1. The molecule has 1 aliphatic carbocycles. The number of amidine groups is 1. The van der Waals surface area contributed by atoms with Crippen molar-refractivity contribution in [3.63, 3.8) is 0 Å². The van der Waals surface area contributed by atoms with Crippen LogP contribution in [0.5, 0.6) is 0 Å². The van der Waals surface area contributed by atoms with E-state index in [1.807, 2.05) is 41.3 Å². The van der Waals surface area contributed by atoms with E-state index in [2.05, 4.69) is 65.4 Å². The Balaban J connectivity index is 1.39. The van der Waals surface area contributed by atoms with Crippen molar-refractivity contribution >= 4 is 45.5 Å². The summed E-state index contributed by atoms with van der Waals surface area (Å²) in [5, 5.41) is 1.96. The minimum atomic E-state index is 0.0847. The summed E-state index contributed by atoms with van der Waals surface area (Å²) in [6.45, 7) is 0.792. The highest BCUT2D eigenvalue weighted by Gasteiger charge is 2.38. The number of para-hydroxylation sites is 2. The highest BCUT2D eigenvalue weighted by Crippen LogP contribution is 2.39. The molecule has 5 heteroatoms. The third kappa shape index (κ3) is 4.63. The van der Waals surface area contributed by atoms with Gasteiger partial charge >= 0.3 is 0 Å². The van der Waals surface area contributed by atoms with Gasteiger partial charge in [-0.05, 0) is 54.4 Å². The van der Waals surface area contributed by atoms with Gasteiger partial charge in [0.25, 0.3) is 5.91 Å². The van der Waals surface area contributed by atoms with Crippen LogP contribution in [0.15, 0.2) is 101 Å². The number of amides is 1. The van der Waals surface area contributed by atoms with Gasteiger partial charge in [0.05, 0.1) is 10.6 Å². The van der Waals surface area contributed by atoms with Crippen molar-refractivity contribution in [1.29, 1.82) is 0 Å². The van der Waals surface area contributed by atoms with E-state index in [0.29, 0.717) is 0 Å². The number of thioether (sulfide) groups is 1. The lowest BCUT2D eigenvalue weighted by atomic mass is 9.94. The highest BCUT2D eigenvalue weighted by molar-refractivity contribution is 8.18. The van der Waals surface area contributed by atoms with Crippen LogP contribution in [0.1, 0.15) is 43.2 Å². The van der Waals surface area contributed by atoms with Gasteiger partial charge in [0.2, 0.25) is 0 Å². The van der Waals surface area contributed by atoms with E-state index in [1.165, 1.54) is 42.1 Å². The van der Waals surface area contributed by atoms with E-state index in [9.17, 15) is 4.79 Å². The number of hydrogen-bond acceptors (Lipinski definition) is 3. The fraction of sp³-hybridized carbons (Fsp3) is 0.226. The molecule has 2 fully saturated rings. The van der Waals surface area contributed by atoms with Crippen LogP contribution >= 0.6 is 11.8 Å². The van der Waals surface area contributed by atoms with Gasteiger partial charge in [0, 0.05) is 35.2 Å². The van der Waals surface area contributed by atoms with Gasteiger partial charge in [-0.25, -0.2) is 4.99 Å². The number of nitrogens with zero attached hydrogens (tertiary/aromatic N) is 3. The lowest BCUT2D eigenvalue weighted by Crippen LogP contribution is -2.40. The van der Waals surface area contributed by atoms with E-state index in [1.54, 1.807) is 0 Å². The molecular weight excluding hydrogens is 462 g/mol. The predicted molar refractivity (Wildman–Crippen MR) is 150 cm³/mol. The molecule has 1 aromatic heterocycles. The maximum atomic E-state index is 13.8. The summed E-state index contributed by atoms with van der Waals surface area (Å²) in [5.41, 5.74) is 4.38. The van der Waals surface area contributed by atoms with Gasteiger partial charge in [-0.15, -0.1) is 0 Å². The van der Waals surface area contributed by atoms with Gasteiger partial charge < -0.3 is 4.57 Å². The number of aromatic nitrogens is 1. The Morgan fingerprint density at radius 1 is 0.861 bits per heavy atom. The van der Waals surface area contributed by atoms with Crippen molar-refractivity contribution in [2.75, 3.05) is 0 Å². The molecule has 3 aromatic carbocycles. The van der Waals surface area contributed by atoms with Gasteiger partial charge in [0.1, 0.15) is 0 Å². The fourth-order valence-corrected chi connectivity index (χ4v) is 6.33. The molecule has 6 rings (SSSR count). The Labute approximate surface area is 216 Å². The molecule has 0 bridgehead atoms. The molecule has 1 saturated heterocycles. The van der Waals surface area contributed by atoms with Crippen LogP contribution < -0.4 is 0 Å². The predicted octanol–water partition coefficient (Wildman–Crippen LogP) is 7.63. The van der Waals surface area contributed by atoms with E-state index in [0.717, 1.165) is 46.1 Å². The zero-order valence-electron chi connectivity index (χ0n) is 20.2. The van der Waals surface area contributed by atoms with Crippen LogP contribution in [-0.2, 0) is 11.3 Å². The van der Waals surface area contributed by atoms with Crippen molar-refractivity contribution in [3.8, 4) is 0 Å². The summed E-state index contributed by atoms with van der Waals surface area (Å²) < 4.78 is 2.28. The first-order valence-electron chi connectivity index (χ1n) is 12.7. The minimum absolute atomic E-state index is 0.0847. The van der Waals surface area contributed by atoms with Crippen LogP contribution in [0.4, 0.5) is 5.69 Å². The molecule has 1 amide bonds. The van der Waals surface area contributed by atoms with E-state index >= 15 is 0 Å². The van der Waals surface area contributed by atoms with Crippen LogP contribution in [0, 0.1) is 0 Å². The molecule has 0 radical (unpaired) electrons. The second kappa shape index (κ2) is 10.2. The summed E-state index contributed by atoms with van der Waals surface area (Å²) in [6.07, 6.45) is 9.93. The fourth-order valence-electron chi connectivity index (χ4n) is 5.28. The maximum Gasteiger partial charge on any atom is 0.267 e. The molecule has 36 heavy (non-hydrogen) atoms. The third-order valence-electron chi connectivity index (χ3n) is 7.06. The van der Waals surface area contributed by atoms with Crippen molar-refractivity contribution in [3.05, 3.63) is 107 Å². The van der Waals surface area contributed by atoms with Crippen LogP contribution in [0.25, 0.3) is 17.0 Å². The number of aliphatic imine (C=N–C) groups is 1. The van der Waals surface area contributed by atoms with Crippen molar-refractivity contribution in [1.82, 2.24) is 9.47 Å². The molecule has 4 nitrogen and oxygen atoms in total. The normalized spacial score (nSPS) is 19.1. The first-order chi connectivity index (χ1) is 17.8. The molecule has 2 aliphatic rings. The molecule has 0 atom stereocenters. The van der Waals surface area contributed by atoms with Crippen molar-refractivity contribution in [2.45, 2.75) is 44.7 Å². The highest BCUT2D eigenvalue weighted by atomic mass is 32.2. The Bertz CT molecular complexity index is 1430. The summed E-state index contributed by atoms with van der Waals surface area (Å²) in [7, 11) is 0. The molecule has 0 N–H and O–H groups in total. The molecule has 0 unspecified atom stereocenters. The van der Waals surface area contributed by atoms with Gasteiger partial charge in [-0.3, -0.25) is 9.69 Å². The minimum Gasteiger partial charge on any atom is -0.342 e. The van der Waals surface area contributed by atoms with Crippen LogP contribution in [-0.4, -0.2) is 26.6 Å². The first kappa shape index (κ1) is 22.9. The monoisotopic (exact) mass is 491 g/mol. The first-order valence-corrected chi connectivity index (χ1v) is 13.6. The summed E-state index contributed by atoms with van der Waals surface area (Å²) >= 11 is 1.51. The number of rotatable bonds is 5. The number of benzene rings is 3. The summed E-state index contributed by atoms with van der Waals surface area (Å²) in [5.74, 6) is 0.0847. The van der Waals surface area contributed by atoms with Crippen molar-refractivity contribution in [2.24, 2.45) is 4.99 Å². The van der Waals surface area contributed by atoms with Crippen molar-refractivity contribution < 1.29 is 4.79 Å². The lowest BCUT2D eigenvalue weighted by molar-refractivity contribution is -0.124. The average Bonchev–Trinajstić information content (AvgIpc) is 3.42. The maximum absolute atomic E-state index is 13.8. The SMILES string of the molecule is O=C1/C(=C/c2cn(Cc3ccccc3)c3ccccc23)SC(=Nc2ccccc2)N1C1CCCCC1. The number of fused-ring (bicyclic) bond motifs is 1. The van der Waals surface area contributed by atoms with Crippen LogP contribution in [0.3, 0.4) is 0 Å². The number of hydrogen-bond donors (Lipinski definition) is 0. The lowest BCUT2D eigenvalue weighted by Gasteiger charge is -2.30. The van der Waals surface area contributed by atoms with E-state index < -0.39 is 0 Å². The summed E-state index contributed by atoms with van der Waals surface area (Å²) in [4.78, 5) is 21.4. The van der Waals surface area contributed by atoms with Gasteiger partial charge in [0.15, 0.2) is 5.17 Å². The van der Waals surface area contributed by atoms with Gasteiger partial charge in [-0.1, -0.05) is 86.0 Å². The standard InChI is InChI=1S/C31H29N3OS/c35-30-29(36-31(32-25-14-6-2-7-15-25)34(30)26-16-8-3-9-17-26)20-24-22-33(21-23-12-4-1-5-13-23)28-19-11-10-18-27(24)28/h1-2,4-7,10-15,18-20,22,26H,3,8-9,16-17,21H2/b29-20-,32-31?. The Hall–Kier alpha value is -3.57. The third-order valence-corrected chi connectivity index (χ3v) is 8.04. The molecule has 1 saturated carbocycles. The van der Waals surface area contributed by atoms with E-state index in [-0.39, 0.29) is 11.9 Å². The quantitative estimate of drug-likeness (QED) is 0.269. The molecule has 0 spiro atoms. The topological polar surface area (TPSA) is 37.6 Å². The zero-order chi connectivity index (χ0) is 24.3. The summed E-state index contributed by atoms with van der Waals surface area (Å²) in [6, 6.07) is 29.1. The molecule has 180 valence electrons. The largest absolute Gasteiger partial charge is 0.342 e. The smallest absolute Gasteiger partial charge is 0.267 e. The Morgan fingerprint density at radius 3 is 2.33 bits per heavy atom. The molecule has 4 aromatic rings. The second-order valence-electron chi connectivity index (χ2n) is 9.52. The zero-order valence-corrected chi connectivity index (χ0v) is 21.0. The van der Waals surface area contributed by atoms with Gasteiger partial charge in [-0.2, -0.15) is 0 Å². The average molecular weight is 492 g/mol. The van der Waals surface area contributed by atoms with Crippen LogP contribution in [0.2, 0.25) is 0 Å². The molecule has 2 heterocycles. The molecule has 1 aliphatic heterocycles. The Morgan fingerprint density at radius 2 is 1.56 bits per heavy atom. The van der Waals surface area contributed by atoms with E-state index in [4.69, 9.17) is 4.99 Å². The number of carbonyl (C=O) groups excluding carboxylic acids is 1.